The maximum atomic E-state index is 5.80. The molecule has 0 spiro atoms. The van der Waals surface area contributed by atoms with Crippen LogP contribution < -0.4 is 11.1 Å². The summed E-state index contributed by atoms with van der Waals surface area (Å²) < 4.78 is 0. The number of piperidine rings is 1. The van der Waals surface area contributed by atoms with E-state index in [0.717, 1.165) is 12.2 Å². The topological polar surface area (TPSA) is 38.0 Å². The summed E-state index contributed by atoms with van der Waals surface area (Å²) in [5.74, 6) is 0.683. The van der Waals surface area contributed by atoms with E-state index in [0.29, 0.717) is 5.92 Å². The zero-order chi connectivity index (χ0) is 9.97. The average Bonchev–Trinajstić information content (AvgIpc) is 2.23. The minimum absolute atomic E-state index is 0.683. The van der Waals surface area contributed by atoms with Crippen LogP contribution in [0.4, 0.5) is 5.69 Å². The van der Waals surface area contributed by atoms with E-state index in [4.69, 9.17) is 5.73 Å². The third-order valence-corrected chi connectivity index (χ3v) is 3.06. The maximum absolute atomic E-state index is 5.80. The van der Waals surface area contributed by atoms with E-state index in [1.165, 1.54) is 30.5 Å². The molecule has 0 unspecified atom stereocenters. The number of benzene rings is 1. The average molecular weight is 190 g/mol. The van der Waals surface area contributed by atoms with Gasteiger partial charge in [0, 0.05) is 12.2 Å². The van der Waals surface area contributed by atoms with E-state index in [-0.39, 0.29) is 0 Å². The van der Waals surface area contributed by atoms with Gasteiger partial charge in [-0.3, -0.25) is 0 Å². The minimum atomic E-state index is 0.683. The van der Waals surface area contributed by atoms with Gasteiger partial charge in [0.1, 0.15) is 0 Å². The smallest absolute Gasteiger partial charge is 0.0343 e. The molecular formula is C12H18N2. The molecule has 1 saturated heterocycles. The first kappa shape index (κ1) is 9.53. The van der Waals surface area contributed by atoms with Gasteiger partial charge in [-0.15, -0.1) is 0 Å². The SMILES string of the molecule is Cc1cc([C@@H]2CCCNC2)ccc1N. The van der Waals surface area contributed by atoms with E-state index in [9.17, 15) is 0 Å². The fourth-order valence-corrected chi connectivity index (χ4v) is 2.09. The molecule has 1 heterocycles. The van der Waals surface area contributed by atoms with Gasteiger partial charge in [0.05, 0.1) is 0 Å². The Morgan fingerprint density at radius 1 is 1.43 bits per heavy atom. The Kier molecular flexibility index (Phi) is 2.73. The predicted molar refractivity (Wildman–Crippen MR) is 60.4 cm³/mol. The summed E-state index contributed by atoms with van der Waals surface area (Å²) in [5.41, 5.74) is 9.34. The van der Waals surface area contributed by atoms with Crippen molar-refractivity contribution in [2.75, 3.05) is 18.8 Å². The highest BCUT2D eigenvalue weighted by atomic mass is 14.9. The first-order valence-electron chi connectivity index (χ1n) is 5.34. The second-order valence-electron chi connectivity index (χ2n) is 4.16. The number of nitrogens with two attached hydrogens (primary N) is 1. The third-order valence-electron chi connectivity index (χ3n) is 3.06. The van der Waals surface area contributed by atoms with Crippen LogP contribution in [0.3, 0.4) is 0 Å². The van der Waals surface area contributed by atoms with E-state index >= 15 is 0 Å². The molecule has 1 fully saturated rings. The van der Waals surface area contributed by atoms with Crippen LogP contribution in [0.5, 0.6) is 0 Å². The molecule has 2 nitrogen and oxygen atoms in total. The quantitative estimate of drug-likeness (QED) is 0.665. The van der Waals surface area contributed by atoms with Crippen LogP contribution in [-0.2, 0) is 0 Å². The van der Waals surface area contributed by atoms with Gasteiger partial charge in [-0.2, -0.15) is 0 Å². The Hall–Kier alpha value is -1.02. The van der Waals surface area contributed by atoms with Crippen LogP contribution in [-0.4, -0.2) is 13.1 Å². The van der Waals surface area contributed by atoms with Crippen LogP contribution in [0.1, 0.15) is 29.9 Å². The Balaban J connectivity index is 2.18. The molecule has 0 saturated carbocycles. The Morgan fingerprint density at radius 3 is 2.93 bits per heavy atom. The number of nitrogen functional groups attached to an aromatic ring is 1. The van der Waals surface area contributed by atoms with Crippen LogP contribution in [0, 0.1) is 6.92 Å². The lowest BCUT2D eigenvalue weighted by atomic mass is 9.90. The molecule has 1 atom stereocenters. The van der Waals surface area contributed by atoms with Crippen molar-refractivity contribution in [3.05, 3.63) is 29.3 Å². The molecule has 0 amide bonds. The van der Waals surface area contributed by atoms with Crippen molar-refractivity contribution in [2.45, 2.75) is 25.7 Å². The first-order valence-corrected chi connectivity index (χ1v) is 5.34. The molecule has 76 valence electrons. The number of anilines is 1. The Bertz CT molecular complexity index is 314. The monoisotopic (exact) mass is 190 g/mol. The summed E-state index contributed by atoms with van der Waals surface area (Å²) in [4.78, 5) is 0. The third kappa shape index (κ3) is 1.90. The van der Waals surface area contributed by atoms with Gasteiger partial charge in [-0.25, -0.2) is 0 Å². The zero-order valence-electron chi connectivity index (χ0n) is 8.72. The van der Waals surface area contributed by atoms with Gasteiger partial charge >= 0.3 is 0 Å². The van der Waals surface area contributed by atoms with Gasteiger partial charge in [0.15, 0.2) is 0 Å². The van der Waals surface area contributed by atoms with Crippen molar-refractivity contribution in [3.8, 4) is 0 Å². The van der Waals surface area contributed by atoms with Gasteiger partial charge in [0.2, 0.25) is 0 Å². The summed E-state index contributed by atoms with van der Waals surface area (Å²) in [7, 11) is 0. The van der Waals surface area contributed by atoms with Gasteiger partial charge in [-0.05, 0) is 49.4 Å². The summed E-state index contributed by atoms with van der Waals surface area (Å²) >= 11 is 0. The fraction of sp³-hybridized carbons (Fsp3) is 0.500. The molecule has 1 aromatic carbocycles. The lowest BCUT2D eigenvalue weighted by Gasteiger charge is -2.23. The summed E-state index contributed by atoms with van der Waals surface area (Å²) in [6, 6.07) is 6.42. The zero-order valence-corrected chi connectivity index (χ0v) is 8.72. The highest BCUT2D eigenvalue weighted by Gasteiger charge is 2.14. The lowest BCUT2D eigenvalue weighted by Crippen LogP contribution is -2.28. The van der Waals surface area contributed by atoms with E-state index in [2.05, 4.69) is 24.4 Å². The molecule has 2 heteroatoms. The predicted octanol–water partition coefficient (Wildman–Crippen LogP) is 2.04. The lowest BCUT2D eigenvalue weighted by molar-refractivity contribution is 0.461. The molecular weight excluding hydrogens is 172 g/mol. The number of hydrogen-bond acceptors (Lipinski definition) is 2. The summed E-state index contributed by atoms with van der Waals surface area (Å²) in [6.45, 7) is 4.36. The standard InChI is InChI=1S/C12H18N2/c1-9-7-10(4-5-12(9)13)11-3-2-6-14-8-11/h4-5,7,11,14H,2-3,6,8,13H2,1H3/t11-/m1/s1. The van der Waals surface area contributed by atoms with Crippen LogP contribution in [0.15, 0.2) is 18.2 Å². The number of rotatable bonds is 1. The van der Waals surface area contributed by atoms with E-state index in [1.54, 1.807) is 0 Å². The maximum Gasteiger partial charge on any atom is 0.0343 e. The molecule has 0 radical (unpaired) electrons. The van der Waals surface area contributed by atoms with Crippen molar-refractivity contribution < 1.29 is 0 Å². The largest absolute Gasteiger partial charge is 0.399 e. The second-order valence-corrected chi connectivity index (χ2v) is 4.16. The summed E-state index contributed by atoms with van der Waals surface area (Å²) in [6.07, 6.45) is 2.59. The molecule has 2 rings (SSSR count). The molecule has 1 aliphatic rings. The Morgan fingerprint density at radius 2 is 2.29 bits per heavy atom. The van der Waals surface area contributed by atoms with Gasteiger partial charge < -0.3 is 11.1 Å². The second kappa shape index (κ2) is 4.01. The van der Waals surface area contributed by atoms with Crippen LogP contribution >= 0.6 is 0 Å². The minimum Gasteiger partial charge on any atom is -0.399 e. The number of hydrogen-bond donors (Lipinski definition) is 2. The molecule has 0 bridgehead atoms. The van der Waals surface area contributed by atoms with Crippen LogP contribution in [0.25, 0.3) is 0 Å². The molecule has 0 aliphatic carbocycles. The Labute approximate surface area is 85.5 Å². The van der Waals surface area contributed by atoms with Crippen LogP contribution in [0.2, 0.25) is 0 Å². The van der Waals surface area contributed by atoms with E-state index in [1.807, 2.05) is 6.07 Å². The van der Waals surface area contributed by atoms with E-state index < -0.39 is 0 Å². The first-order chi connectivity index (χ1) is 6.77. The number of aryl methyl sites for hydroxylation is 1. The molecule has 0 aromatic heterocycles. The normalized spacial score (nSPS) is 22.2. The van der Waals surface area contributed by atoms with Crippen molar-refractivity contribution in [1.29, 1.82) is 0 Å². The van der Waals surface area contributed by atoms with Gasteiger partial charge in [0.25, 0.3) is 0 Å². The molecule has 3 N–H and O–H groups in total. The highest BCUT2D eigenvalue weighted by molar-refractivity contribution is 5.48. The van der Waals surface area contributed by atoms with Gasteiger partial charge in [-0.1, -0.05) is 12.1 Å². The van der Waals surface area contributed by atoms with Crippen molar-refractivity contribution in [2.24, 2.45) is 0 Å². The molecule has 1 aliphatic heterocycles. The van der Waals surface area contributed by atoms with Crippen molar-refractivity contribution in [3.63, 3.8) is 0 Å². The molecule has 1 aromatic rings. The number of nitrogens with one attached hydrogen (secondary N) is 1. The molecule has 14 heavy (non-hydrogen) atoms. The van der Waals surface area contributed by atoms with Crippen molar-refractivity contribution >= 4 is 5.69 Å². The highest BCUT2D eigenvalue weighted by Crippen LogP contribution is 2.25. The fourth-order valence-electron chi connectivity index (χ4n) is 2.09. The summed E-state index contributed by atoms with van der Waals surface area (Å²) in [5, 5.41) is 3.44. The van der Waals surface area contributed by atoms with Crippen molar-refractivity contribution in [1.82, 2.24) is 5.32 Å².